The van der Waals surface area contributed by atoms with Gasteiger partial charge in [-0.05, 0) is 37.5 Å². The highest BCUT2D eigenvalue weighted by atomic mass is 14.1. The topological polar surface area (TPSA) is 0 Å². The normalized spacial score (nSPS) is 18.7. The zero-order valence-electron chi connectivity index (χ0n) is 11.7. The van der Waals surface area contributed by atoms with E-state index in [1.165, 1.54) is 44.9 Å². The summed E-state index contributed by atoms with van der Waals surface area (Å²) in [6.45, 7) is 4.67. The Hall–Kier alpha value is -0.700. The molecule has 0 aromatic carbocycles. The van der Waals surface area contributed by atoms with Crippen LogP contribution in [0, 0.1) is 23.7 Å². The summed E-state index contributed by atoms with van der Waals surface area (Å²) >= 11 is 0. The first kappa shape index (κ1) is 14.4. The van der Waals surface area contributed by atoms with Crippen molar-refractivity contribution in [2.45, 2.75) is 71.6 Å². The van der Waals surface area contributed by atoms with Gasteiger partial charge >= 0.3 is 0 Å². The molecule has 1 aliphatic carbocycles. The fraction of sp³-hybridized carbons (Fsp3) is 0.765. The molecule has 0 heterocycles. The van der Waals surface area contributed by atoms with Crippen LogP contribution in [0.3, 0.4) is 0 Å². The third kappa shape index (κ3) is 7.27. The second kappa shape index (κ2) is 9.34. The molecule has 0 fully saturated rings. The Kier molecular flexibility index (Phi) is 7.89. The lowest BCUT2D eigenvalue weighted by atomic mass is 9.97. The molecule has 1 unspecified atom stereocenters. The molecular weight excluding hydrogens is 204 g/mol. The number of hydrogen-bond donors (Lipinski definition) is 0. The average Bonchev–Trinajstić information content (AvgIpc) is 2.57. The molecule has 0 amide bonds. The van der Waals surface area contributed by atoms with Crippen LogP contribution in [0.4, 0.5) is 0 Å². The van der Waals surface area contributed by atoms with Crippen LogP contribution < -0.4 is 0 Å². The molecule has 0 saturated carbocycles. The zero-order chi connectivity index (χ0) is 12.3. The molecule has 0 N–H and O–H groups in total. The van der Waals surface area contributed by atoms with Crippen molar-refractivity contribution in [2.24, 2.45) is 11.8 Å². The van der Waals surface area contributed by atoms with Gasteiger partial charge in [0.05, 0.1) is 0 Å². The quantitative estimate of drug-likeness (QED) is 0.315. The van der Waals surface area contributed by atoms with Crippen molar-refractivity contribution in [1.82, 2.24) is 0 Å². The monoisotopic (exact) mass is 232 g/mol. The molecule has 0 aromatic rings. The SMILES string of the molecule is CCCC(C)CCC/C=C/C1CCC#CCC1. The molecule has 0 aliphatic heterocycles. The maximum Gasteiger partial charge on any atom is 0.00942 e. The Morgan fingerprint density at radius 1 is 1.18 bits per heavy atom. The van der Waals surface area contributed by atoms with Gasteiger partial charge in [-0.2, -0.15) is 0 Å². The van der Waals surface area contributed by atoms with E-state index in [0.29, 0.717) is 0 Å². The average molecular weight is 232 g/mol. The molecule has 1 atom stereocenters. The molecule has 0 spiro atoms. The number of allylic oxidation sites excluding steroid dienone is 2. The second-order valence-corrected chi connectivity index (χ2v) is 5.44. The van der Waals surface area contributed by atoms with Crippen molar-refractivity contribution in [3.63, 3.8) is 0 Å². The van der Waals surface area contributed by atoms with Gasteiger partial charge in [0.2, 0.25) is 0 Å². The summed E-state index contributed by atoms with van der Waals surface area (Å²) in [6, 6.07) is 0. The molecule has 0 heteroatoms. The first-order valence-electron chi connectivity index (χ1n) is 7.45. The minimum atomic E-state index is 0.783. The number of unbranched alkanes of at least 4 members (excludes halogenated alkanes) is 1. The molecule has 0 aromatic heterocycles. The van der Waals surface area contributed by atoms with Gasteiger partial charge in [0.1, 0.15) is 0 Å². The minimum absolute atomic E-state index is 0.783. The van der Waals surface area contributed by atoms with Crippen LogP contribution in [0.2, 0.25) is 0 Å². The van der Waals surface area contributed by atoms with E-state index in [2.05, 4.69) is 37.8 Å². The van der Waals surface area contributed by atoms with Gasteiger partial charge in [-0.15, -0.1) is 11.8 Å². The van der Waals surface area contributed by atoms with Crippen molar-refractivity contribution >= 4 is 0 Å². The highest BCUT2D eigenvalue weighted by Gasteiger charge is 2.05. The van der Waals surface area contributed by atoms with E-state index in [0.717, 1.165) is 24.7 Å². The maximum absolute atomic E-state index is 3.22. The van der Waals surface area contributed by atoms with Crippen molar-refractivity contribution in [2.75, 3.05) is 0 Å². The highest BCUT2D eigenvalue weighted by molar-refractivity contribution is 5.04. The Balaban J connectivity index is 2.05. The van der Waals surface area contributed by atoms with Gasteiger partial charge in [0, 0.05) is 12.8 Å². The van der Waals surface area contributed by atoms with Gasteiger partial charge in [0.15, 0.2) is 0 Å². The summed E-state index contributed by atoms with van der Waals surface area (Å²) in [5, 5.41) is 0. The first-order chi connectivity index (χ1) is 8.33. The van der Waals surface area contributed by atoms with Gasteiger partial charge < -0.3 is 0 Å². The summed E-state index contributed by atoms with van der Waals surface area (Å²) < 4.78 is 0. The largest absolute Gasteiger partial charge is 0.103 e. The highest BCUT2D eigenvalue weighted by Crippen LogP contribution is 2.18. The fourth-order valence-corrected chi connectivity index (χ4v) is 2.54. The Bertz CT molecular complexity index is 251. The number of hydrogen-bond acceptors (Lipinski definition) is 0. The summed E-state index contributed by atoms with van der Waals surface area (Å²) in [6.07, 6.45) is 16.4. The molecular formula is C17H28. The molecule has 0 bridgehead atoms. The third-order valence-electron chi connectivity index (χ3n) is 3.66. The maximum atomic E-state index is 3.22. The standard InChI is InChI=1S/C17H28/c1-3-11-16(2)12-7-6-10-15-17-13-8-4-5-9-14-17/h10,15-17H,3,6-9,11-14H2,1-2H3/b15-10+. The van der Waals surface area contributed by atoms with Gasteiger partial charge in [-0.25, -0.2) is 0 Å². The lowest BCUT2D eigenvalue weighted by Gasteiger charge is -2.09. The van der Waals surface area contributed by atoms with E-state index < -0.39 is 0 Å². The van der Waals surface area contributed by atoms with E-state index in [1.807, 2.05) is 0 Å². The Labute approximate surface area is 108 Å². The lowest BCUT2D eigenvalue weighted by molar-refractivity contribution is 0.471. The van der Waals surface area contributed by atoms with Crippen LogP contribution in [0.15, 0.2) is 12.2 Å². The van der Waals surface area contributed by atoms with Crippen LogP contribution in [-0.4, -0.2) is 0 Å². The van der Waals surface area contributed by atoms with E-state index in [1.54, 1.807) is 0 Å². The Morgan fingerprint density at radius 3 is 2.53 bits per heavy atom. The fourth-order valence-electron chi connectivity index (χ4n) is 2.54. The van der Waals surface area contributed by atoms with Crippen molar-refractivity contribution in [3.8, 4) is 11.8 Å². The van der Waals surface area contributed by atoms with E-state index in [-0.39, 0.29) is 0 Å². The second-order valence-electron chi connectivity index (χ2n) is 5.44. The van der Waals surface area contributed by atoms with Crippen LogP contribution in [-0.2, 0) is 0 Å². The predicted molar refractivity (Wildman–Crippen MR) is 76.8 cm³/mol. The minimum Gasteiger partial charge on any atom is -0.103 e. The predicted octanol–water partition coefficient (Wildman–Crippen LogP) is 5.34. The lowest BCUT2D eigenvalue weighted by Crippen LogP contribution is -1.95. The van der Waals surface area contributed by atoms with E-state index in [4.69, 9.17) is 0 Å². The van der Waals surface area contributed by atoms with Gasteiger partial charge in [0.25, 0.3) is 0 Å². The smallest absolute Gasteiger partial charge is 0.00942 e. The molecule has 96 valence electrons. The van der Waals surface area contributed by atoms with Crippen LogP contribution in [0.1, 0.15) is 71.6 Å². The van der Waals surface area contributed by atoms with Crippen LogP contribution in [0.5, 0.6) is 0 Å². The number of rotatable bonds is 7. The van der Waals surface area contributed by atoms with Crippen LogP contribution in [0.25, 0.3) is 0 Å². The van der Waals surface area contributed by atoms with Gasteiger partial charge in [-0.3, -0.25) is 0 Å². The molecule has 0 radical (unpaired) electrons. The molecule has 1 rings (SSSR count). The Morgan fingerprint density at radius 2 is 1.88 bits per heavy atom. The zero-order valence-corrected chi connectivity index (χ0v) is 11.7. The van der Waals surface area contributed by atoms with Crippen molar-refractivity contribution < 1.29 is 0 Å². The summed E-state index contributed by atoms with van der Waals surface area (Å²) in [5.41, 5.74) is 0. The summed E-state index contributed by atoms with van der Waals surface area (Å²) in [7, 11) is 0. The van der Waals surface area contributed by atoms with E-state index >= 15 is 0 Å². The molecule has 0 saturated heterocycles. The van der Waals surface area contributed by atoms with Crippen LogP contribution >= 0.6 is 0 Å². The molecule has 17 heavy (non-hydrogen) atoms. The summed E-state index contributed by atoms with van der Waals surface area (Å²) in [5.74, 6) is 8.15. The van der Waals surface area contributed by atoms with Crippen molar-refractivity contribution in [1.29, 1.82) is 0 Å². The first-order valence-corrected chi connectivity index (χ1v) is 7.45. The summed E-state index contributed by atoms with van der Waals surface area (Å²) in [4.78, 5) is 0. The van der Waals surface area contributed by atoms with Gasteiger partial charge in [-0.1, -0.05) is 45.3 Å². The molecule has 1 aliphatic rings. The molecule has 0 nitrogen and oxygen atoms in total. The van der Waals surface area contributed by atoms with Crippen molar-refractivity contribution in [3.05, 3.63) is 12.2 Å². The van der Waals surface area contributed by atoms with E-state index in [9.17, 15) is 0 Å². The third-order valence-corrected chi connectivity index (χ3v) is 3.66.